The van der Waals surface area contributed by atoms with E-state index in [4.69, 9.17) is 0 Å². The fourth-order valence-corrected chi connectivity index (χ4v) is 4.08. The van der Waals surface area contributed by atoms with Crippen molar-refractivity contribution in [3.63, 3.8) is 0 Å². The number of imide groups is 1. The van der Waals surface area contributed by atoms with Gasteiger partial charge in [0.25, 0.3) is 11.8 Å². The number of rotatable bonds is 6. The van der Waals surface area contributed by atoms with Crippen LogP contribution in [0.2, 0.25) is 0 Å². The van der Waals surface area contributed by atoms with Gasteiger partial charge in [0.2, 0.25) is 17.7 Å². The number of nitrogens with one attached hydrogen (secondary N) is 2. The number of benzene rings is 2. The molecule has 2 aliphatic rings. The smallest absolute Gasteiger partial charge is 0.270 e. The largest absolute Gasteiger partial charge is 0.326 e. The Morgan fingerprint density at radius 2 is 1.88 bits per heavy atom. The molecule has 4 rings (SSSR count). The van der Waals surface area contributed by atoms with Gasteiger partial charge in [-0.2, -0.15) is 0 Å². The molecule has 1 atom stereocenters. The van der Waals surface area contributed by atoms with Crippen molar-refractivity contribution in [2.45, 2.75) is 51.1 Å². The van der Waals surface area contributed by atoms with Gasteiger partial charge in [0.05, 0.1) is 0 Å². The third kappa shape index (κ3) is 4.92. The highest BCUT2D eigenvalue weighted by Gasteiger charge is 2.39. The lowest BCUT2D eigenvalue weighted by Crippen LogP contribution is -2.52. The van der Waals surface area contributed by atoms with Gasteiger partial charge in [-0.1, -0.05) is 24.3 Å². The highest BCUT2D eigenvalue weighted by Crippen LogP contribution is 2.29. The van der Waals surface area contributed by atoms with E-state index in [2.05, 4.69) is 10.6 Å². The Morgan fingerprint density at radius 1 is 1.15 bits per heavy atom. The summed E-state index contributed by atoms with van der Waals surface area (Å²) in [6, 6.07) is 10.1. The second-order valence-corrected chi connectivity index (χ2v) is 8.41. The van der Waals surface area contributed by atoms with Crippen LogP contribution in [0.3, 0.4) is 0 Å². The summed E-state index contributed by atoms with van der Waals surface area (Å²) in [5.41, 5.74) is 2.38. The molecule has 7 nitrogen and oxygen atoms in total. The van der Waals surface area contributed by atoms with Gasteiger partial charge in [-0.05, 0) is 42.2 Å². The van der Waals surface area contributed by atoms with Crippen molar-refractivity contribution >= 4 is 29.3 Å². The van der Waals surface area contributed by atoms with Crippen molar-refractivity contribution in [2.75, 3.05) is 5.32 Å². The molecule has 2 aromatic carbocycles. The summed E-state index contributed by atoms with van der Waals surface area (Å²) in [6.07, 6.45) is 1.03. The quantitative estimate of drug-likeness (QED) is 0.655. The molecule has 0 spiro atoms. The number of alkyl halides is 2. The van der Waals surface area contributed by atoms with E-state index in [0.29, 0.717) is 30.6 Å². The van der Waals surface area contributed by atoms with Gasteiger partial charge >= 0.3 is 0 Å². The second kappa shape index (κ2) is 8.73. The maximum absolute atomic E-state index is 13.3. The highest BCUT2D eigenvalue weighted by molar-refractivity contribution is 6.05. The topological polar surface area (TPSA) is 95.6 Å². The molecule has 1 unspecified atom stereocenters. The predicted molar refractivity (Wildman–Crippen MR) is 115 cm³/mol. The number of hydrogen-bond acceptors (Lipinski definition) is 4. The number of fused-ring (bicyclic) bond motifs is 1. The molecule has 172 valence electrons. The van der Waals surface area contributed by atoms with Gasteiger partial charge in [-0.25, -0.2) is 8.78 Å². The molecular weight excluding hydrogens is 432 g/mol. The molecule has 0 aliphatic carbocycles. The molecule has 2 aliphatic heterocycles. The van der Waals surface area contributed by atoms with Gasteiger partial charge in [0.1, 0.15) is 6.04 Å². The molecule has 0 saturated carbocycles. The Morgan fingerprint density at radius 3 is 2.55 bits per heavy atom. The van der Waals surface area contributed by atoms with Crippen molar-refractivity contribution < 1.29 is 28.0 Å². The highest BCUT2D eigenvalue weighted by atomic mass is 19.3. The number of nitrogens with zero attached hydrogens (tertiary/aromatic N) is 1. The van der Waals surface area contributed by atoms with Crippen LogP contribution in [0.1, 0.15) is 53.2 Å². The van der Waals surface area contributed by atoms with E-state index in [9.17, 15) is 28.0 Å². The van der Waals surface area contributed by atoms with Crippen LogP contribution < -0.4 is 10.6 Å². The van der Waals surface area contributed by atoms with E-state index < -0.39 is 17.9 Å². The molecule has 2 aromatic rings. The second-order valence-electron chi connectivity index (χ2n) is 8.41. The minimum absolute atomic E-state index is 0.130. The van der Waals surface area contributed by atoms with Crippen molar-refractivity contribution in [3.05, 3.63) is 64.7 Å². The Balaban J connectivity index is 1.35. The molecule has 1 saturated heterocycles. The molecule has 1 fully saturated rings. The van der Waals surface area contributed by atoms with Crippen molar-refractivity contribution in [3.8, 4) is 0 Å². The SMILES string of the molecule is CC(F)(F)c1ccc(NC(=O)CCc2ccc3c(c2)C(=O)N(C2CCC(=O)NC2=O)C3)cc1. The molecular formula is C24H23F2N3O4. The summed E-state index contributed by atoms with van der Waals surface area (Å²) in [5.74, 6) is -4.27. The van der Waals surface area contributed by atoms with Crippen LogP contribution in [0.4, 0.5) is 14.5 Å². The number of halogens is 2. The fraction of sp³-hybridized carbons (Fsp3) is 0.333. The lowest BCUT2D eigenvalue weighted by atomic mass is 10.0. The number of amides is 4. The van der Waals surface area contributed by atoms with Crippen molar-refractivity contribution in [1.82, 2.24) is 10.2 Å². The van der Waals surface area contributed by atoms with E-state index in [-0.39, 0.29) is 36.1 Å². The van der Waals surface area contributed by atoms with Crippen molar-refractivity contribution in [2.24, 2.45) is 0 Å². The lowest BCUT2D eigenvalue weighted by molar-refractivity contribution is -0.137. The Bertz CT molecular complexity index is 1130. The third-order valence-corrected chi connectivity index (χ3v) is 5.91. The minimum Gasteiger partial charge on any atom is -0.326 e. The summed E-state index contributed by atoms with van der Waals surface area (Å²) in [6.45, 7) is 1.11. The van der Waals surface area contributed by atoms with Crippen LogP contribution in [0.15, 0.2) is 42.5 Å². The van der Waals surface area contributed by atoms with Crippen LogP contribution in [-0.2, 0) is 33.3 Å². The summed E-state index contributed by atoms with van der Waals surface area (Å²) in [5, 5.41) is 4.95. The van der Waals surface area contributed by atoms with E-state index in [1.807, 2.05) is 12.1 Å². The van der Waals surface area contributed by atoms with E-state index in [1.54, 1.807) is 6.07 Å². The first-order valence-electron chi connectivity index (χ1n) is 10.7. The minimum atomic E-state index is -2.94. The first-order valence-corrected chi connectivity index (χ1v) is 10.7. The van der Waals surface area contributed by atoms with E-state index in [0.717, 1.165) is 18.1 Å². The molecule has 2 heterocycles. The van der Waals surface area contributed by atoms with Gasteiger partial charge in [0.15, 0.2) is 0 Å². The number of carbonyl (C=O) groups excluding carboxylic acids is 4. The average Bonchev–Trinajstić information content (AvgIpc) is 3.08. The first kappa shape index (κ1) is 22.6. The maximum atomic E-state index is 13.3. The zero-order valence-corrected chi connectivity index (χ0v) is 18.0. The molecule has 4 amide bonds. The average molecular weight is 455 g/mol. The fourth-order valence-electron chi connectivity index (χ4n) is 4.08. The molecule has 0 bridgehead atoms. The van der Waals surface area contributed by atoms with Gasteiger partial charge < -0.3 is 10.2 Å². The first-order chi connectivity index (χ1) is 15.6. The number of hydrogen-bond donors (Lipinski definition) is 2. The molecule has 33 heavy (non-hydrogen) atoms. The number of carbonyl (C=O) groups is 4. The zero-order valence-electron chi connectivity index (χ0n) is 18.0. The standard InChI is InChI=1S/C24H23F2N3O4/c1-24(25,26)16-5-7-17(8-6-16)27-20(30)10-3-14-2-4-15-13-29(23(33)18(15)12-14)19-9-11-21(31)28-22(19)32/h2,4-8,12,19H,3,9-11,13H2,1H3,(H,27,30)(H,28,31,32). The van der Waals surface area contributed by atoms with Crippen LogP contribution >= 0.6 is 0 Å². The molecule has 2 N–H and O–H groups in total. The Hall–Kier alpha value is -3.62. The van der Waals surface area contributed by atoms with Crippen LogP contribution in [0.5, 0.6) is 0 Å². The maximum Gasteiger partial charge on any atom is 0.270 e. The summed E-state index contributed by atoms with van der Waals surface area (Å²) in [4.78, 5) is 50.2. The van der Waals surface area contributed by atoms with E-state index in [1.165, 1.54) is 29.2 Å². The normalized spacial score (nSPS) is 18.2. The summed E-state index contributed by atoms with van der Waals surface area (Å²) < 4.78 is 26.6. The summed E-state index contributed by atoms with van der Waals surface area (Å²) >= 11 is 0. The lowest BCUT2D eigenvalue weighted by Gasteiger charge is -2.29. The van der Waals surface area contributed by atoms with Gasteiger partial charge in [-0.15, -0.1) is 0 Å². The van der Waals surface area contributed by atoms with Gasteiger partial charge in [-0.3, -0.25) is 24.5 Å². The zero-order chi connectivity index (χ0) is 23.8. The van der Waals surface area contributed by atoms with Gasteiger partial charge in [0, 0.05) is 43.1 Å². The number of piperidine rings is 1. The molecule has 0 aromatic heterocycles. The van der Waals surface area contributed by atoms with E-state index >= 15 is 0 Å². The summed E-state index contributed by atoms with van der Waals surface area (Å²) in [7, 11) is 0. The molecule has 9 heteroatoms. The van der Waals surface area contributed by atoms with Crippen LogP contribution in [0, 0.1) is 0 Å². The predicted octanol–water partition coefficient (Wildman–Crippen LogP) is 3.13. The number of aryl methyl sites for hydroxylation is 1. The number of anilines is 1. The van der Waals surface area contributed by atoms with Crippen LogP contribution in [0.25, 0.3) is 0 Å². The van der Waals surface area contributed by atoms with Crippen molar-refractivity contribution in [1.29, 1.82) is 0 Å². The monoisotopic (exact) mass is 455 g/mol. The van der Waals surface area contributed by atoms with Crippen LogP contribution in [-0.4, -0.2) is 34.6 Å². The Kier molecular flexibility index (Phi) is 5.97. The Labute approximate surface area is 189 Å². The third-order valence-electron chi connectivity index (χ3n) is 5.91. The molecule has 0 radical (unpaired) electrons.